The lowest BCUT2D eigenvalue weighted by Crippen LogP contribution is -2.05. The molecule has 2 rings (SSSR count). The average Bonchev–Trinajstić information content (AvgIpc) is 2.87. The second-order valence-electron chi connectivity index (χ2n) is 4.31. The van der Waals surface area contributed by atoms with Crippen LogP contribution in [0.15, 0.2) is 36.5 Å². The summed E-state index contributed by atoms with van der Waals surface area (Å²) in [4.78, 5) is 0. The topological polar surface area (TPSA) is 27.1 Å². The largest absolute Gasteiger partial charge is 0.493 e. The first-order valence-electron chi connectivity index (χ1n) is 6.54. The highest BCUT2D eigenvalue weighted by molar-refractivity contribution is 6.18. The van der Waals surface area contributed by atoms with E-state index in [0.29, 0.717) is 18.9 Å². The van der Waals surface area contributed by atoms with E-state index in [1.54, 1.807) is 6.20 Å². The van der Waals surface area contributed by atoms with E-state index in [-0.39, 0.29) is 0 Å². The van der Waals surface area contributed by atoms with Gasteiger partial charge in [0.1, 0.15) is 5.75 Å². The number of halogens is 1. The van der Waals surface area contributed by atoms with Crippen molar-refractivity contribution in [3.05, 3.63) is 47.8 Å². The third kappa shape index (κ3) is 4.32. The molecule has 0 aliphatic rings. The van der Waals surface area contributed by atoms with E-state index >= 15 is 0 Å². The number of hydrogen-bond acceptors (Lipinski definition) is 2. The third-order valence-corrected chi connectivity index (χ3v) is 3.04. The molecule has 2 aromatic rings. The van der Waals surface area contributed by atoms with Crippen LogP contribution in [0, 0.1) is 11.8 Å². The van der Waals surface area contributed by atoms with Crippen molar-refractivity contribution in [1.82, 2.24) is 9.78 Å². The van der Waals surface area contributed by atoms with E-state index in [1.807, 2.05) is 42.1 Å². The van der Waals surface area contributed by atoms with Crippen LogP contribution in [0.2, 0.25) is 0 Å². The van der Waals surface area contributed by atoms with Crippen LogP contribution in [-0.2, 0) is 13.5 Å². The van der Waals surface area contributed by atoms with E-state index in [0.717, 1.165) is 23.4 Å². The summed E-state index contributed by atoms with van der Waals surface area (Å²) in [6.45, 7) is 0.636. The molecule has 4 heteroatoms. The van der Waals surface area contributed by atoms with Gasteiger partial charge in [-0.25, -0.2) is 0 Å². The van der Waals surface area contributed by atoms with Gasteiger partial charge in [-0.1, -0.05) is 11.8 Å². The van der Waals surface area contributed by atoms with Gasteiger partial charge in [0.2, 0.25) is 0 Å². The van der Waals surface area contributed by atoms with E-state index in [4.69, 9.17) is 16.3 Å². The monoisotopic (exact) mass is 288 g/mol. The van der Waals surface area contributed by atoms with Crippen molar-refractivity contribution in [2.75, 3.05) is 12.5 Å². The molecular formula is C16H17ClN2O. The van der Waals surface area contributed by atoms with Crippen LogP contribution in [0.25, 0.3) is 0 Å². The van der Waals surface area contributed by atoms with E-state index in [9.17, 15) is 0 Å². The molecule has 104 valence electrons. The van der Waals surface area contributed by atoms with Crippen LogP contribution < -0.4 is 4.74 Å². The number of hydrogen-bond donors (Lipinski definition) is 0. The average molecular weight is 289 g/mol. The molecule has 0 radical (unpaired) electrons. The normalized spacial score (nSPS) is 9.90. The number of aromatic nitrogens is 2. The van der Waals surface area contributed by atoms with Gasteiger partial charge < -0.3 is 4.74 Å². The number of aryl methyl sites for hydroxylation is 1. The minimum atomic E-state index is 0.572. The summed E-state index contributed by atoms with van der Waals surface area (Å²) in [6.07, 6.45) is 3.35. The quantitative estimate of drug-likeness (QED) is 0.625. The van der Waals surface area contributed by atoms with Crippen LogP contribution in [0.3, 0.4) is 0 Å². The highest BCUT2D eigenvalue weighted by atomic mass is 35.5. The van der Waals surface area contributed by atoms with Crippen LogP contribution in [0.1, 0.15) is 17.7 Å². The molecule has 1 aromatic carbocycles. The number of benzene rings is 1. The molecule has 0 N–H and O–H groups in total. The zero-order valence-electron chi connectivity index (χ0n) is 11.5. The van der Waals surface area contributed by atoms with Gasteiger partial charge in [-0.3, -0.25) is 4.68 Å². The van der Waals surface area contributed by atoms with E-state index in [2.05, 4.69) is 16.9 Å². The Morgan fingerprint density at radius 2 is 2.05 bits per heavy atom. The number of ether oxygens (including phenoxy) is 1. The Bertz CT molecular complexity index is 593. The Balaban J connectivity index is 1.82. The van der Waals surface area contributed by atoms with Crippen molar-refractivity contribution < 1.29 is 4.74 Å². The molecule has 0 spiro atoms. The molecule has 0 aliphatic carbocycles. The van der Waals surface area contributed by atoms with Crippen molar-refractivity contribution >= 4 is 11.6 Å². The number of nitrogens with zero attached hydrogens (tertiary/aromatic N) is 2. The van der Waals surface area contributed by atoms with E-state index < -0.39 is 0 Å². The van der Waals surface area contributed by atoms with Crippen LogP contribution in [-0.4, -0.2) is 22.3 Å². The summed E-state index contributed by atoms with van der Waals surface area (Å²) in [6, 6.07) is 9.79. The summed E-state index contributed by atoms with van der Waals surface area (Å²) in [5, 5.41) is 4.13. The smallest absolute Gasteiger partial charge is 0.119 e. The fraction of sp³-hybridized carbons (Fsp3) is 0.312. The first kappa shape index (κ1) is 14.5. The molecule has 0 fully saturated rings. The van der Waals surface area contributed by atoms with Crippen molar-refractivity contribution in [3.63, 3.8) is 0 Å². The highest BCUT2D eigenvalue weighted by Crippen LogP contribution is 2.12. The van der Waals surface area contributed by atoms with Gasteiger partial charge in [-0.05, 0) is 30.3 Å². The molecule has 0 aliphatic heterocycles. The van der Waals surface area contributed by atoms with Crippen LogP contribution >= 0.6 is 11.6 Å². The Kier molecular flexibility index (Phi) is 5.52. The van der Waals surface area contributed by atoms with Crippen molar-refractivity contribution in [1.29, 1.82) is 0 Å². The molecule has 1 aromatic heterocycles. The minimum absolute atomic E-state index is 0.572. The number of rotatable bonds is 5. The lowest BCUT2D eigenvalue weighted by Gasteiger charge is -2.06. The van der Waals surface area contributed by atoms with Crippen molar-refractivity contribution in [3.8, 4) is 17.6 Å². The summed E-state index contributed by atoms with van der Waals surface area (Å²) in [7, 11) is 1.93. The van der Waals surface area contributed by atoms with E-state index in [1.165, 1.54) is 0 Å². The van der Waals surface area contributed by atoms with Crippen molar-refractivity contribution in [2.24, 2.45) is 7.05 Å². The summed E-state index contributed by atoms with van der Waals surface area (Å²) < 4.78 is 7.56. The molecule has 1 heterocycles. The van der Waals surface area contributed by atoms with Gasteiger partial charge in [0.25, 0.3) is 0 Å². The Labute approximate surface area is 124 Å². The minimum Gasteiger partial charge on any atom is -0.493 e. The Morgan fingerprint density at radius 1 is 1.25 bits per heavy atom. The molecule has 20 heavy (non-hydrogen) atoms. The highest BCUT2D eigenvalue weighted by Gasteiger charge is 1.99. The molecule has 0 saturated carbocycles. The second kappa shape index (κ2) is 7.62. The van der Waals surface area contributed by atoms with Crippen molar-refractivity contribution in [2.45, 2.75) is 12.8 Å². The first-order valence-corrected chi connectivity index (χ1v) is 7.07. The predicted molar refractivity (Wildman–Crippen MR) is 81.1 cm³/mol. The van der Waals surface area contributed by atoms with Gasteiger partial charge in [0, 0.05) is 43.2 Å². The maximum atomic E-state index is 5.70. The summed E-state index contributed by atoms with van der Waals surface area (Å²) in [5.74, 6) is 7.49. The maximum Gasteiger partial charge on any atom is 0.119 e. The summed E-state index contributed by atoms with van der Waals surface area (Å²) >= 11 is 5.57. The maximum absolute atomic E-state index is 5.70. The molecule has 0 bridgehead atoms. The zero-order valence-corrected chi connectivity index (χ0v) is 12.2. The fourth-order valence-corrected chi connectivity index (χ4v) is 1.86. The standard InChI is InChI=1S/C16H17ClN2O/c1-19-15(9-12-18-19)10-13-20-16-7-5-14(6-8-16)4-2-3-11-17/h5-9,12H,3,10-11,13H2,1H3. The molecule has 0 atom stereocenters. The van der Waals surface area contributed by atoms with Gasteiger partial charge in [0.15, 0.2) is 0 Å². The Morgan fingerprint density at radius 3 is 2.70 bits per heavy atom. The second-order valence-corrected chi connectivity index (χ2v) is 4.69. The molecule has 3 nitrogen and oxygen atoms in total. The van der Waals surface area contributed by atoms with Crippen LogP contribution in [0.4, 0.5) is 0 Å². The SMILES string of the molecule is Cn1nccc1CCOc1ccc(C#CCCCl)cc1. The third-order valence-electron chi connectivity index (χ3n) is 2.86. The first-order chi connectivity index (χ1) is 9.79. The molecule has 0 amide bonds. The van der Waals surface area contributed by atoms with Gasteiger partial charge in [-0.2, -0.15) is 5.10 Å². The lowest BCUT2D eigenvalue weighted by atomic mass is 10.2. The molecule has 0 unspecified atom stereocenters. The molecular weight excluding hydrogens is 272 g/mol. The predicted octanol–water partition coefficient (Wildman–Crippen LogP) is 3.02. The van der Waals surface area contributed by atoms with Gasteiger partial charge >= 0.3 is 0 Å². The van der Waals surface area contributed by atoms with Crippen LogP contribution in [0.5, 0.6) is 5.75 Å². The molecule has 0 saturated heterocycles. The van der Waals surface area contributed by atoms with Gasteiger partial charge in [-0.15, -0.1) is 11.6 Å². The summed E-state index contributed by atoms with van der Waals surface area (Å²) in [5.41, 5.74) is 2.14. The lowest BCUT2D eigenvalue weighted by molar-refractivity contribution is 0.318. The number of alkyl halides is 1. The zero-order chi connectivity index (χ0) is 14.2. The Hall–Kier alpha value is -1.92. The fourth-order valence-electron chi connectivity index (χ4n) is 1.77. The van der Waals surface area contributed by atoms with Gasteiger partial charge in [0.05, 0.1) is 6.61 Å².